The Hall–Kier alpha value is -1.55. The summed E-state index contributed by atoms with van der Waals surface area (Å²) in [7, 11) is 1.68. The lowest BCUT2D eigenvalue weighted by Gasteiger charge is -2.01. The standard InChI is InChI=1S/C12H15N3O/c1-16-11-3-2-6-15-8-10(14-12(11)15)9-4-5-13-7-9/h2-3,6,8-9,13H,4-5,7H2,1H3. The number of pyridine rings is 1. The van der Waals surface area contributed by atoms with Gasteiger partial charge in [0, 0.05) is 24.9 Å². The first kappa shape index (κ1) is 9.66. The topological polar surface area (TPSA) is 38.6 Å². The minimum Gasteiger partial charge on any atom is -0.493 e. The summed E-state index contributed by atoms with van der Waals surface area (Å²) in [5, 5.41) is 3.36. The molecule has 1 saturated heterocycles. The van der Waals surface area contributed by atoms with E-state index in [1.165, 1.54) is 6.42 Å². The molecule has 84 valence electrons. The van der Waals surface area contributed by atoms with Crippen molar-refractivity contribution in [1.82, 2.24) is 14.7 Å². The van der Waals surface area contributed by atoms with Gasteiger partial charge in [-0.05, 0) is 25.1 Å². The average molecular weight is 217 g/mol. The van der Waals surface area contributed by atoms with Gasteiger partial charge in [-0.3, -0.25) is 0 Å². The molecule has 1 aliphatic rings. The van der Waals surface area contributed by atoms with E-state index >= 15 is 0 Å². The van der Waals surface area contributed by atoms with Crippen LogP contribution in [0, 0.1) is 0 Å². The van der Waals surface area contributed by atoms with E-state index in [1.807, 2.05) is 22.7 Å². The van der Waals surface area contributed by atoms with Crippen LogP contribution in [-0.4, -0.2) is 29.6 Å². The first-order valence-corrected chi connectivity index (χ1v) is 5.61. The molecular weight excluding hydrogens is 202 g/mol. The molecule has 0 radical (unpaired) electrons. The number of rotatable bonds is 2. The maximum absolute atomic E-state index is 5.30. The number of nitrogens with one attached hydrogen (secondary N) is 1. The zero-order valence-electron chi connectivity index (χ0n) is 9.31. The molecule has 2 aromatic rings. The van der Waals surface area contributed by atoms with Gasteiger partial charge in [0.05, 0.1) is 12.8 Å². The molecule has 4 nitrogen and oxygen atoms in total. The predicted octanol–water partition coefficient (Wildman–Crippen LogP) is 1.42. The molecule has 0 bridgehead atoms. The summed E-state index contributed by atoms with van der Waals surface area (Å²) >= 11 is 0. The lowest BCUT2D eigenvalue weighted by molar-refractivity contribution is 0.417. The summed E-state index contributed by atoms with van der Waals surface area (Å²) in [6.45, 7) is 2.13. The van der Waals surface area contributed by atoms with Gasteiger partial charge >= 0.3 is 0 Å². The van der Waals surface area contributed by atoms with E-state index in [2.05, 4.69) is 16.5 Å². The van der Waals surface area contributed by atoms with Crippen molar-refractivity contribution in [2.45, 2.75) is 12.3 Å². The second kappa shape index (κ2) is 3.79. The molecule has 1 unspecified atom stereocenters. The number of hydrogen-bond acceptors (Lipinski definition) is 3. The summed E-state index contributed by atoms with van der Waals surface area (Å²) in [5.74, 6) is 1.38. The van der Waals surface area contributed by atoms with Crippen LogP contribution < -0.4 is 10.1 Å². The monoisotopic (exact) mass is 217 g/mol. The second-order valence-electron chi connectivity index (χ2n) is 4.16. The largest absolute Gasteiger partial charge is 0.493 e. The van der Waals surface area contributed by atoms with E-state index in [0.29, 0.717) is 5.92 Å². The van der Waals surface area contributed by atoms with Crippen molar-refractivity contribution in [2.24, 2.45) is 0 Å². The van der Waals surface area contributed by atoms with Crippen LogP contribution in [-0.2, 0) is 0 Å². The third-order valence-electron chi connectivity index (χ3n) is 3.16. The van der Waals surface area contributed by atoms with Crippen molar-refractivity contribution in [2.75, 3.05) is 20.2 Å². The van der Waals surface area contributed by atoms with Gasteiger partial charge in [-0.1, -0.05) is 0 Å². The van der Waals surface area contributed by atoms with Crippen LogP contribution in [0.15, 0.2) is 24.5 Å². The molecule has 0 spiro atoms. The molecule has 0 aromatic carbocycles. The lowest BCUT2D eigenvalue weighted by Crippen LogP contribution is -2.08. The quantitative estimate of drug-likeness (QED) is 0.826. The molecule has 1 fully saturated rings. The Balaban J connectivity index is 2.07. The molecule has 16 heavy (non-hydrogen) atoms. The first-order chi connectivity index (χ1) is 7.88. The van der Waals surface area contributed by atoms with E-state index in [0.717, 1.165) is 30.2 Å². The normalized spacial score (nSPS) is 20.4. The van der Waals surface area contributed by atoms with Gasteiger partial charge in [0.2, 0.25) is 0 Å². The summed E-state index contributed by atoms with van der Waals surface area (Å²) in [6, 6.07) is 3.92. The van der Waals surface area contributed by atoms with Gasteiger partial charge in [0.15, 0.2) is 11.4 Å². The fraction of sp³-hybridized carbons (Fsp3) is 0.417. The Morgan fingerprint density at radius 2 is 2.50 bits per heavy atom. The van der Waals surface area contributed by atoms with Crippen LogP contribution in [0.25, 0.3) is 5.65 Å². The molecule has 0 saturated carbocycles. The Bertz CT molecular complexity index is 500. The molecule has 1 atom stereocenters. The summed E-state index contributed by atoms with van der Waals surface area (Å²) in [4.78, 5) is 4.66. The van der Waals surface area contributed by atoms with Crippen LogP contribution in [0.2, 0.25) is 0 Å². The molecule has 0 aliphatic carbocycles. The second-order valence-corrected chi connectivity index (χ2v) is 4.16. The number of nitrogens with zero attached hydrogens (tertiary/aromatic N) is 2. The number of aromatic nitrogens is 2. The van der Waals surface area contributed by atoms with Gasteiger partial charge in [-0.15, -0.1) is 0 Å². The summed E-state index contributed by atoms with van der Waals surface area (Å²) in [5.41, 5.74) is 2.07. The van der Waals surface area contributed by atoms with Gasteiger partial charge in [-0.25, -0.2) is 4.98 Å². The smallest absolute Gasteiger partial charge is 0.179 e. The Kier molecular flexibility index (Phi) is 2.29. The van der Waals surface area contributed by atoms with Crippen molar-refractivity contribution < 1.29 is 4.74 Å². The first-order valence-electron chi connectivity index (χ1n) is 5.61. The number of hydrogen-bond donors (Lipinski definition) is 1. The SMILES string of the molecule is COc1cccn2cc(C3CCNC3)nc12. The minimum atomic E-state index is 0.546. The highest BCUT2D eigenvalue weighted by molar-refractivity contribution is 5.54. The average Bonchev–Trinajstić information content (AvgIpc) is 2.96. The molecule has 4 heteroatoms. The number of fused-ring (bicyclic) bond motifs is 1. The van der Waals surface area contributed by atoms with E-state index in [9.17, 15) is 0 Å². The van der Waals surface area contributed by atoms with Crippen molar-refractivity contribution >= 4 is 5.65 Å². The maximum Gasteiger partial charge on any atom is 0.179 e. The molecule has 3 rings (SSSR count). The summed E-state index contributed by atoms with van der Waals surface area (Å²) < 4.78 is 7.34. The minimum absolute atomic E-state index is 0.546. The van der Waals surface area contributed by atoms with Crippen LogP contribution in [0.1, 0.15) is 18.0 Å². The van der Waals surface area contributed by atoms with Crippen LogP contribution in [0.4, 0.5) is 0 Å². The number of ether oxygens (including phenoxy) is 1. The van der Waals surface area contributed by atoms with Crippen LogP contribution >= 0.6 is 0 Å². The lowest BCUT2D eigenvalue weighted by atomic mass is 10.1. The van der Waals surface area contributed by atoms with Gasteiger partial charge in [0.25, 0.3) is 0 Å². The summed E-state index contributed by atoms with van der Waals surface area (Å²) in [6.07, 6.45) is 5.29. The third-order valence-corrected chi connectivity index (χ3v) is 3.16. The molecule has 3 heterocycles. The fourth-order valence-corrected chi connectivity index (χ4v) is 2.27. The maximum atomic E-state index is 5.30. The predicted molar refractivity (Wildman–Crippen MR) is 62.0 cm³/mol. The van der Waals surface area contributed by atoms with Crippen molar-refractivity contribution in [3.8, 4) is 5.75 Å². The number of imidazole rings is 1. The zero-order chi connectivity index (χ0) is 11.0. The van der Waals surface area contributed by atoms with Crippen molar-refractivity contribution in [3.05, 3.63) is 30.2 Å². The highest BCUT2D eigenvalue weighted by atomic mass is 16.5. The van der Waals surface area contributed by atoms with E-state index in [1.54, 1.807) is 7.11 Å². The van der Waals surface area contributed by atoms with Crippen molar-refractivity contribution in [3.63, 3.8) is 0 Å². The third kappa shape index (κ3) is 1.46. The zero-order valence-corrected chi connectivity index (χ0v) is 9.31. The molecular formula is C12H15N3O. The fourth-order valence-electron chi connectivity index (χ4n) is 2.27. The Labute approximate surface area is 94.3 Å². The Morgan fingerprint density at radius 3 is 3.25 bits per heavy atom. The highest BCUT2D eigenvalue weighted by Crippen LogP contribution is 2.25. The van der Waals surface area contributed by atoms with E-state index in [-0.39, 0.29) is 0 Å². The molecule has 2 aromatic heterocycles. The Morgan fingerprint density at radius 1 is 1.56 bits per heavy atom. The van der Waals surface area contributed by atoms with Crippen molar-refractivity contribution in [1.29, 1.82) is 0 Å². The van der Waals surface area contributed by atoms with Gasteiger partial charge in [-0.2, -0.15) is 0 Å². The van der Waals surface area contributed by atoms with Crippen LogP contribution in [0.3, 0.4) is 0 Å². The molecule has 0 amide bonds. The molecule has 1 aliphatic heterocycles. The van der Waals surface area contributed by atoms with E-state index in [4.69, 9.17) is 4.74 Å². The van der Waals surface area contributed by atoms with Gasteiger partial charge < -0.3 is 14.5 Å². The molecule has 1 N–H and O–H groups in total. The number of methoxy groups -OCH3 is 1. The van der Waals surface area contributed by atoms with Gasteiger partial charge in [0.1, 0.15) is 0 Å². The van der Waals surface area contributed by atoms with Crippen LogP contribution in [0.5, 0.6) is 5.75 Å². The van der Waals surface area contributed by atoms with E-state index < -0.39 is 0 Å². The highest BCUT2D eigenvalue weighted by Gasteiger charge is 2.20.